The predicted molar refractivity (Wildman–Crippen MR) is 112 cm³/mol. The highest BCUT2D eigenvalue weighted by Crippen LogP contribution is 2.36. The number of hydrogen-bond acceptors (Lipinski definition) is 7. The second kappa shape index (κ2) is 7.80. The molecule has 4 heterocycles. The van der Waals surface area contributed by atoms with Crippen LogP contribution in [0.1, 0.15) is 24.1 Å². The first kappa shape index (κ1) is 21.3. The Morgan fingerprint density at radius 2 is 1.81 bits per heavy atom. The average Bonchev–Trinajstić information content (AvgIpc) is 3.31. The number of ether oxygens (including phenoxy) is 1. The molecule has 0 saturated carbocycles. The van der Waals surface area contributed by atoms with E-state index < -0.39 is 21.5 Å². The Bertz CT molecular complexity index is 1220. The number of rotatable bonds is 3. The highest BCUT2D eigenvalue weighted by atomic mass is 35.5. The van der Waals surface area contributed by atoms with Crippen molar-refractivity contribution in [2.75, 3.05) is 31.1 Å². The van der Waals surface area contributed by atoms with Crippen molar-refractivity contribution < 1.29 is 26.7 Å². The van der Waals surface area contributed by atoms with Gasteiger partial charge in [-0.1, -0.05) is 11.6 Å². The van der Waals surface area contributed by atoms with E-state index in [0.717, 1.165) is 12.1 Å². The summed E-state index contributed by atoms with van der Waals surface area (Å²) in [6.07, 6.45) is 0.986. The Morgan fingerprint density at radius 1 is 1.06 bits per heavy atom. The molecule has 8 nitrogen and oxygen atoms in total. The van der Waals surface area contributed by atoms with Crippen LogP contribution < -0.4 is 4.90 Å². The Labute approximate surface area is 188 Å². The molecule has 170 valence electrons. The number of sulfone groups is 1. The first-order valence-corrected chi connectivity index (χ1v) is 12.4. The highest BCUT2D eigenvalue weighted by molar-refractivity contribution is 7.90. The van der Waals surface area contributed by atoms with Gasteiger partial charge in [0.15, 0.2) is 15.7 Å². The molecule has 0 aliphatic carbocycles. The van der Waals surface area contributed by atoms with Crippen molar-refractivity contribution in [3.8, 4) is 11.4 Å². The quantitative estimate of drug-likeness (QED) is 0.618. The highest BCUT2D eigenvalue weighted by Gasteiger charge is 2.36. The maximum atomic E-state index is 14.5. The van der Waals surface area contributed by atoms with Gasteiger partial charge >= 0.3 is 6.09 Å². The second-order valence-electron chi connectivity index (χ2n) is 8.10. The standard InChI is InChI=1S/C20H19ClF2N4O4S/c21-14-8-15(22)12(7-16(14)23)18-24-17-10-32(29,30)9-13(17)19(25-18)26-3-1-11(2-4-26)27-5-6-31-20(27)28/h7-8,11H,1-6,9-10H2. The van der Waals surface area contributed by atoms with Crippen molar-refractivity contribution in [2.45, 2.75) is 30.4 Å². The number of nitrogens with zero attached hydrogens (tertiary/aromatic N) is 4. The van der Waals surface area contributed by atoms with E-state index in [1.807, 2.05) is 4.90 Å². The fourth-order valence-electron chi connectivity index (χ4n) is 4.47. The maximum Gasteiger partial charge on any atom is 0.410 e. The molecule has 0 unspecified atom stereocenters. The number of fused-ring (bicyclic) bond motifs is 1. The van der Waals surface area contributed by atoms with Gasteiger partial charge in [-0.15, -0.1) is 0 Å². The number of carbonyl (C=O) groups is 1. The van der Waals surface area contributed by atoms with Crippen LogP contribution in [0.25, 0.3) is 11.4 Å². The summed E-state index contributed by atoms with van der Waals surface area (Å²) in [4.78, 5) is 24.2. The van der Waals surface area contributed by atoms with Gasteiger partial charge in [-0.25, -0.2) is 32.0 Å². The van der Waals surface area contributed by atoms with Crippen LogP contribution in [0, 0.1) is 11.6 Å². The van der Waals surface area contributed by atoms with E-state index >= 15 is 0 Å². The fourth-order valence-corrected chi connectivity index (χ4v) is 6.11. The number of cyclic esters (lactones) is 1. The Morgan fingerprint density at radius 3 is 2.50 bits per heavy atom. The molecule has 0 spiro atoms. The van der Waals surface area contributed by atoms with E-state index in [1.54, 1.807) is 4.90 Å². The molecule has 1 amide bonds. The van der Waals surface area contributed by atoms with Crippen molar-refractivity contribution >= 4 is 33.3 Å². The van der Waals surface area contributed by atoms with Crippen LogP contribution in [0.3, 0.4) is 0 Å². The number of aromatic nitrogens is 2. The number of amides is 1. The summed E-state index contributed by atoms with van der Waals surface area (Å²) in [5, 5.41) is -0.363. The van der Waals surface area contributed by atoms with Crippen LogP contribution in [0.5, 0.6) is 0 Å². The van der Waals surface area contributed by atoms with E-state index in [4.69, 9.17) is 16.3 Å². The second-order valence-corrected chi connectivity index (χ2v) is 10.6. The maximum absolute atomic E-state index is 14.5. The van der Waals surface area contributed by atoms with Crippen LogP contribution in [-0.2, 0) is 26.1 Å². The van der Waals surface area contributed by atoms with Crippen LogP contribution in [0.2, 0.25) is 5.02 Å². The number of piperidine rings is 1. The smallest absolute Gasteiger partial charge is 0.410 e. The first-order chi connectivity index (χ1) is 15.2. The molecule has 3 aliphatic rings. The summed E-state index contributed by atoms with van der Waals surface area (Å²) < 4.78 is 58.2. The Balaban J connectivity index is 1.50. The summed E-state index contributed by atoms with van der Waals surface area (Å²) in [7, 11) is -3.41. The summed E-state index contributed by atoms with van der Waals surface area (Å²) >= 11 is 5.66. The molecule has 0 bridgehead atoms. The van der Waals surface area contributed by atoms with E-state index in [1.165, 1.54) is 0 Å². The van der Waals surface area contributed by atoms with Gasteiger partial charge in [0.1, 0.15) is 24.1 Å². The molecule has 12 heteroatoms. The lowest BCUT2D eigenvalue weighted by atomic mass is 10.0. The molecule has 5 rings (SSSR count). The molecule has 0 atom stereocenters. The van der Waals surface area contributed by atoms with Crippen molar-refractivity contribution in [3.05, 3.63) is 40.0 Å². The summed E-state index contributed by atoms with van der Waals surface area (Å²) in [5.41, 5.74) is 0.600. The van der Waals surface area contributed by atoms with Gasteiger partial charge in [0.05, 0.1) is 34.3 Å². The van der Waals surface area contributed by atoms with E-state index in [-0.39, 0.29) is 40.1 Å². The number of carbonyl (C=O) groups excluding carboxylic acids is 1. The molecule has 0 N–H and O–H groups in total. The molecular weight excluding hydrogens is 466 g/mol. The third kappa shape index (κ3) is 3.77. The minimum atomic E-state index is -3.41. The van der Waals surface area contributed by atoms with Crippen LogP contribution in [0.15, 0.2) is 12.1 Å². The lowest BCUT2D eigenvalue weighted by molar-refractivity contribution is 0.142. The molecule has 32 heavy (non-hydrogen) atoms. The third-order valence-corrected chi connectivity index (χ3v) is 7.77. The van der Waals surface area contributed by atoms with Crippen LogP contribution in [-0.4, -0.2) is 61.7 Å². The lowest BCUT2D eigenvalue weighted by Crippen LogP contribution is -2.45. The minimum Gasteiger partial charge on any atom is -0.448 e. The van der Waals surface area contributed by atoms with Gasteiger partial charge in [0.25, 0.3) is 0 Å². The number of benzene rings is 1. The summed E-state index contributed by atoms with van der Waals surface area (Å²) in [5.74, 6) is -1.78. The SMILES string of the molecule is O=C1OCCN1C1CCN(c2nc(-c3cc(F)c(Cl)cc3F)nc3c2CS(=O)(=O)C3)CC1. The number of hydrogen-bond donors (Lipinski definition) is 0. The summed E-state index contributed by atoms with van der Waals surface area (Å²) in [6.45, 7) is 1.98. The topological polar surface area (TPSA) is 92.7 Å². The number of anilines is 1. The van der Waals surface area contributed by atoms with Gasteiger partial charge in [-0.2, -0.15) is 0 Å². The lowest BCUT2D eigenvalue weighted by Gasteiger charge is -2.36. The fraction of sp³-hybridized carbons (Fsp3) is 0.450. The van der Waals surface area contributed by atoms with Gasteiger partial charge in [0.2, 0.25) is 0 Å². The van der Waals surface area contributed by atoms with Crippen molar-refractivity contribution in [1.29, 1.82) is 0 Å². The van der Waals surface area contributed by atoms with Gasteiger partial charge < -0.3 is 14.5 Å². The zero-order valence-corrected chi connectivity index (χ0v) is 18.4. The average molecular weight is 485 g/mol. The molecule has 2 aromatic rings. The van der Waals surface area contributed by atoms with Crippen LogP contribution >= 0.6 is 11.6 Å². The molecule has 1 aromatic heterocycles. The summed E-state index contributed by atoms with van der Waals surface area (Å²) in [6, 6.07) is 1.79. The predicted octanol–water partition coefficient (Wildman–Crippen LogP) is 2.92. The van der Waals surface area contributed by atoms with E-state index in [0.29, 0.717) is 56.2 Å². The van der Waals surface area contributed by atoms with Crippen molar-refractivity contribution in [1.82, 2.24) is 14.9 Å². The van der Waals surface area contributed by atoms with Gasteiger partial charge in [0, 0.05) is 24.7 Å². The van der Waals surface area contributed by atoms with Crippen LogP contribution in [0.4, 0.5) is 19.4 Å². The zero-order chi connectivity index (χ0) is 22.6. The Kier molecular flexibility index (Phi) is 5.20. The number of halogens is 3. The zero-order valence-electron chi connectivity index (χ0n) is 16.9. The van der Waals surface area contributed by atoms with Crippen molar-refractivity contribution in [3.63, 3.8) is 0 Å². The molecule has 2 fully saturated rings. The minimum absolute atomic E-state index is 0.0298. The molecule has 1 aromatic carbocycles. The molecular formula is C20H19ClF2N4O4S. The first-order valence-electron chi connectivity index (χ1n) is 10.2. The molecule has 0 radical (unpaired) electrons. The monoisotopic (exact) mass is 484 g/mol. The molecule has 2 saturated heterocycles. The molecule has 3 aliphatic heterocycles. The van der Waals surface area contributed by atoms with Gasteiger partial charge in [-0.05, 0) is 25.0 Å². The normalized spacial score (nSPS) is 20.5. The van der Waals surface area contributed by atoms with Gasteiger partial charge in [-0.3, -0.25) is 0 Å². The van der Waals surface area contributed by atoms with E-state index in [9.17, 15) is 22.0 Å². The largest absolute Gasteiger partial charge is 0.448 e. The van der Waals surface area contributed by atoms with Crippen molar-refractivity contribution in [2.24, 2.45) is 0 Å². The Hall–Kier alpha value is -2.53. The van der Waals surface area contributed by atoms with E-state index in [2.05, 4.69) is 9.97 Å². The third-order valence-electron chi connectivity index (χ3n) is 6.04.